The molecule has 2 heterocycles. The quantitative estimate of drug-likeness (QED) is 0.434. The minimum absolute atomic E-state index is 0.574. The predicted molar refractivity (Wildman–Crippen MR) is 137 cm³/mol. The van der Waals surface area contributed by atoms with Crippen LogP contribution in [-0.4, -0.2) is 72.9 Å². The number of benzene rings is 2. The van der Waals surface area contributed by atoms with Crippen LogP contribution < -0.4 is 10.1 Å². The van der Waals surface area contributed by atoms with E-state index >= 15 is 0 Å². The van der Waals surface area contributed by atoms with E-state index in [0.29, 0.717) is 19.0 Å². The van der Waals surface area contributed by atoms with Crippen molar-refractivity contribution in [1.29, 1.82) is 0 Å². The maximum absolute atomic E-state index is 11.1. The Kier molecular flexibility index (Phi) is 7.85. The van der Waals surface area contributed by atoms with Gasteiger partial charge in [0.2, 0.25) is 0 Å². The van der Waals surface area contributed by atoms with E-state index in [0.717, 1.165) is 72.5 Å². The molecule has 4 rings (SSSR count). The number of ether oxygens (including phenoxy) is 1. The van der Waals surface area contributed by atoms with Crippen molar-refractivity contribution in [2.45, 2.75) is 19.3 Å². The molecule has 1 amide bonds. The third-order valence-electron chi connectivity index (χ3n) is 6.59. The summed E-state index contributed by atoms with van der Waals surface area (Å²) in [5.74, 6) is 1.41. The largest absolute Gasteiger partial charge is 0.497 e. The molecule has 3 aromatic rings. The van der Waals surface area contributed by atoms with Gasteiger partial charge in [-0.3, -0.25) is 0 Å². The molecule has 1 saturated heterocycles. The van der Waals surface area contributed by atoms with Gasteiger partial charge in [0.15, 0.2) is 0 Å². The number of hydrogen-bond acceptors (Lipinski definition) is 5. The highest BCUT2D eigenvalue weighted by Gasteiger charge is 2.22. The summed E-state index contributed by atoms with van der Waals surface area (Å²) in [5, 5.41) is 13.9. The second kappa shape index (κ2) is 11.2. The van der Waals surface area contributed by atoms with Gasteiger partial charge in [-0.05, 0) is 75.2 Å². The van der Waals surface area contributed by atoms with Gasteiger partial charge < -0.3 is 25.0 Å². The molecule has 1 aliphatic heterocycles. The number of methoxy groups -OCH3 is 1. The van der Waals surface area contributed by atoms with Crippen LogP contribution in [0, 0.1) is 5.92 Å². The number of likely N-dealkylation sites (tertiary alicyclic amines) is 1. The first-order valence-corrected chi connectivity index (χ1v) is 12.0. The second-order valence-electron chi connectivity index (χ2n) is 9.06. The van der Waals surface area contributed by atoms with Crippen molar-refractivity contribution in [3.63, 3.8) is 0 Å². The zero-order chi connectivity index (χ0) is 23.9. The van der Waals surface area contributed by atoms with Gasteiger partial charge in [0, 0.05) is 42.8 Å². The highest BCUT2D eigenvalue weighted by Crippen LogP contribution is 2.29. The molecular formula is C27H34N4O3. The number of anilines is 1. The molecule has 1 aromatic heterocycles. The van der Waals surface area contributed by atoms with Gasteiger partial charge in [-0.25, -0.2) is 9.78 Å². The Balaban J connectivity index is 1.33. The van der Waals surface area contributed by atoms with Crippen LogP contribution in [-0.2, 0) is 0 Å². The fourth-order valence-electron chi connectivity index (χ4n) is 4.64. The van der Waals surface area contributed by atoms with Crippen LogP contribution in [0.2, 0.25) is 0 Å². The number of aromatic nitrogens is 1. The summed E-state index contributed by atoms with van der Waals surface area (Å²) >= 11 is 0. The summed E-state index contributed by atoms with van der Waals surface area (Å²) in [6.45, 7) is 4.20. The van der Waals surface area contributed by atoms with Crippen LogP contribution in [0.5, 0.6) is 5.75 Å². The smallest absolute Gasteiger partial charge is 0.407 e. The lowest BCUT2D eigenvalue weighted by Gasteiger charge is -2.32. The number of rotatable bonds is 9. The zero-order valence-corrected chi connectivity index (χ0v) is 20.0. The number of piperidine rings is 1. The number of pyridine rings is 1. The van der Waals surface area contributed by atoms with Crippen molar-refractivity contribution in [2.75, 3.05) is 52.2 Å². The standard InChI is InChI=1S/C27H34N4O3/c1-30(19-20-12-16-31(17-13-20)27(32)33)15-5-14-28-26-18-25(21-8-10-22(34-2)11-9-21)29-24-7-4-3-6-23(24)26/h3-4,6-11,18,20H,5,12-17,19H2,1-2H3,(H,28,29)(H,32,33). The molecule has 0 unspecified atom stereocenters. The molecule has 0 bridgehead atoms. The molecule has 1 fully saturated rings. The fourth-order valence-corrected chi connectivity index (χ4v) is 4.64. The Bertz CT molecular complexity index is 1090. The first kappa shape index (κ1) is 23.8. The molecule has 34 heavy (non-hydrogen) atoms. The Hall–Kier alpha value is -3.32. The van der Waals surface area contributed by atoms with E-state index in [1.165, 1.54) is 4.90 Å². The SMILES string of the molecule is COc1ccc(-c2cc(NCCCN(C)CC3CCN(C(=O)O)CC3)c3ccccc3n2)cc1. The van der Waals surface area contributed by atoms with E-state index < -0.39 is 6.09 Å². The second-order valence-corrected chi connectivity index (χ2v) is 9.06. The van der Waals surface area contributed by atoms with Gasteiger partial charge in [0.05, 0.1) is 18.3 Å². The molecule has 7 heteroatoms. The minimum atomic E-state index is -0.795. The van der Waals surface area contributed by atoms with Gasteiger partial charge in [0.25, 0.3) is 0 Å². The third-order valence-corrected chi connectivity index (χ3v) is 6.59. The van der Waals surface area contributed by atoms with E-state index in [4.69, 9.17) is 14.8 Å². The van der Waals surface area contributed by atoms with Crippen molar-refractivity contribution in [1.82, 2.24) is 14.8 Å². The number of fused-ring (bicyclic) bond motifs is 1. The normalized spacial score (nSPS) is 14.5. The molecule has 1 aliphatic rings. The summed E-state index contributed by atoms with van der Waals surface area (Å²) in [4.78, 5) is 19.9. The molecule has 0 saturated carbocycles. The number of nitrogens with one attached hydrogen (secondary N) is 1. The Morgan fingerprint density at radius 3 is 2.62 bits per heavy atom. The Morgan fingerprint density at radius 1 is 1.18 bits per heavy atom. The lowest BCUT2D eigenvalue weighted by Crippen LogP contribution is -2.40. The van der Waals surface area contributed by atoms with Crippen molar-refractivity contribution in [3.05, 3.63) is 54.6 Å². The van der Waals surface area contributed by atoms with Crippen LogP contribution in [0.15, 0.2) is 54.6 Å². The summed E-state index contributed by atoms with van der Waals surface area (Å²) in [5.41, 5.74) is 4.07. The molecular weight excluding hydrogens is 428 g/mol. The van der Waals surface area contributed by atoms with Gasteiger partial charge in [-0.2, -0.15) is 0 Å². The van der Waals surface area contributed by atoms with E-state index in [9.17, 15) is 4.79 Å². The monoisotopic (exact) mass is 462 g/mol. The molecule has 180 valence electrons. The summed E-state index contributed by atoms with van der Waals surface area (Å²) in [6, 6.07) is 18.4. The van der Waals surface area contributed by atoms with E-state index in [1.807, 2.05) is 36.4 Å². The maximum Gasteiger partial charge on any atom is 0.407 e. The van der Waals surface area contributed by atoms with E-state index in [1.54, 1.807) is 7.11 Å². The number of amides is 1. The molecule has 2 N–H and O–H groups in total. The number of carboxylic acid groups (broad SMARTS) is 1. The van der Waals surface area contributed by atoms with Crippen LogP contribution in [0.25, 0.3) is 22.2 Å². The first-order valence-electron chi connectivity index (χ1n) is 12.0. The predicted octanol–water partition coefficient (Wildman–Crippen LogP) is 5.03. The third kappa shape index (κ3) is 5.97. The van der Waals surface area contributed by atoms with Crippen LogP contribution >= 0.6 is 0 Å². The average molecular weight is 463 g/mol. The van der Waals surface area contributed by atoms with E-state index in [-0.39, 0.29) is 0 Å². The van der Waals surface area contributed by atoms with Gasteiger partial charge in [-0.15, -0.1) is 0 Å². The summed E-state index contributed by atoms with van der Waals surface area (Å²) in [7, 11) is 3.83. The van der Waals surface area contributed by atoms with Gasteiger partial charge >= 0.3 is 6.09 Å². The van der Waals surface area contributed by atoms with Crippen LogP contribution in [0.4, 0.5) is 10.5 Å². The van der Waals surface area contributed by atoms with Gasteiger partial charge in [-0.1, -0.05) is 18.2 Å². The summed E-state index contributed by atoms with van der Waals surface area (Å²) in [6.07, 6.45) is 2.13. The number of nitrogens with zero attached hydrogens (tertiary/aromatic N) is 3. The molecule has 0 radical (unpaired) electrons. The highest BCUT2D eigenvalue weighted by atomic mass is 16.5. The van der Waals surface area contributed by atoms with Crippen LogP contribution in [0.1, 0.15) is 19.3 Å². The molecule has 7 nitrogen and oxygen atoms in total. The fraction of sp³-hybridized carbons (Fsp3) is 0.407. The maximum atomic E-state index is 11.1. The van der Waals surface area contributed by atoms with Crippen LogP contribution in [0.3, 0.4) is 0 Å². The number of carbonyl (C=O) groups is 1. The molecule has 0 atom stereocenters. The molecule has 0 spiro atoms. The van der Waals surface area contributed by atoms with Gasteiger partial charge in [0.1, 0.15) is 5.75 Å². The Labute approximate surface area is 201 Å². The summed E-state index contributed by atoms with van der Waals surface area (Å²) < 4.78 is 5.28. The van der Waals surface area contributed by atoms with Crippen molar-refractivity contribution < 1.29 is 14.6 Å². The zero-order valence-electron chi connectivity index (χ0n) is 20.0. The first-order chi connectivity index (χ1) is 16.5. The van der Waals surface area contributed by atoms with Crippen molar-refractivity contribution >= 4 is 22.7 Å². The number of hydrogen-bond donors (Lipinski definition) is 2. The highest BCUT2D eigenvalue weighted by molar-refractivity contribution is 5.93. The molecule has 2 aromatic carbocycles. The Morgan fingerprint density at radius 2 is 1.91 bits per heavy atom. The number of para-hydroxylation sites is 1. The minimum Gasteiger partial charge on any atom is -0.497 e. The molecule has 0 aliphatic carbocycles. The van der Waals surface area contributed by atoms with Crippen molar-refractivity contribution in [2.24, 2.45) is 5.92 Å². The topological polar surface area (TPSA) is 77.9 Å². The average Bonchev–Trinajstić information content (AvgIpc) is 2.86. The lowest BCUT2D eigenvalue weighted by atomic mass is 9.96. The lowest BCUT2D eigenvalue weighted by molar-refractivity contribution is 0.117. The van der Waals surface area contributed by atoms with E-state index in [2.05, 4.69) is 35.5 Å². The van der Waals surface area contributed by atoms with Crippen molar-refractivity contribution in [3.8, 4) is 17.0 Å².